The van der Waals surface area contributed by atoms with Gasteiger partial charge in [-0.05, 0) is 92.0 Å². The predicted molar refractivity (Wildman–Crippen MR) is 323 cm³/mol. The molecule has 5 aromatic carbocycles. The highest BCUT2D eigenvalue weighted by molar-refractivity contribution is 7.23. The molecule has 23 heteroatoms. The first-order valence-electron chi connectivity index (χ1n) is 28.7. The number of carbonyl (C=O) groups excluding carboxylic acids is 2. The molecule has 86 heavy (non-hydrogen) atoms. The molecular weight excluding hydrogens is 1150 g/mol. The lowest BCUT2D eigenvalue weighted by Gasteiger charge is -2.34. The number of hydrogen-bond acceptors (Lipinski definition) is 15. The van der Waals surface area contributed by atoms with E-state index >= 15 is 4.39 Å². The van der Waals surface area contributed by atoms with Gasteiger partial charge in [0.15, 0.2) is 17.4 Å². The number of piperazine rings is 1. The quantitative estimate of drug-likeness (QED) is 0.0402. The summed E-state index contributed by atoms with van der Waals surface area (Å²) >= 11 is 8.38. The van der Waals surface area contributed by atoms with E-state index in [2.05, 4.69) is 59.6 Å². The number of ether oxygens (including phenoxy) is 3. The molecule has 17 nitrogen and oxygen atoms in total. The normalized spacial score (nSPS) is 18.2. The van der Waals surface area contributed by atoms with Gasteiger partial charge in [-0.15, -0.1) is 16.4 Å². The van der Waals surface area contributed by atoms with Crippen LogP contribution >= 0.6 is 22.9 Å². The Morgan fingerprint density at radius 1 is 0.919 bits per heavy atom. The van der Waals surface area contributed by atoms with Gasteiger partial charge in [-0.1, -0.05) is 85.3 Å². The van der Waals surface area contributed by atoms with Crippen LogP contribution in [0.1, 0.15) is 95.0 Å². The van der Waals surface area contributed by atoms with E-state index in [1.807, 2.05) is 46.1 Å². The molecule has 2 bridgehead atoms. The van der Waals surface area contributed by atoms with Gasteiger partial charge in [0.05, 0.1) is 59.0 Å². The Balaban J connectivity index is 0.000000232. The standard InChI is InChI=1S/C42H43ClFN9O3S.C15H12F3NO2.C6H11NO/c1-22(2)23(3)53-20-34(50-51-53)25-6-4-24(5-7-25)21-55-38-36(29-10-11-33(44)39-35(29)31(17-45)40(46)57-39)32(43)16-30-37(38)48-42(56-28-12-14-54-15-13-28)49-41(30)52-18-26-8-9-27(19-52)47-26;16-11-5-6-12(17)15(18)14(11)10-3-1-9(2-4-10)13(7-20)19-8-21;1-6-3-2-4-7(6)5-8/h4-7,10-11,16,20,22-23,26-28,47H,8-9,12-15,18-19,21,46H2,1-3H3;1-6,8,13,20H,7H2,(H,19,21);5-6H,2-4H2,1H3. The second-order valence-corrected chi connectivity index (χ2v) is 23.7. The third kappa shape index (κ3) is 13.2. The van der Waals surface area contributed by atoms with Gasteiger partial charge < -0.3 is 45.5 Å². The molecule has 450 valence electrons. The Labute approximate surface area is 504 Å². The summed E-state index contributed by atoms with van der Waals surface area (Å²) in [6, 6.07) is 23.4. The van der Waals surface area contributed by atoms with Crippen molar-refractivity contribution in [2.24, 2.45) is 5.92 Å². The highest BCUT2D eigenvalue weighted by atomic mass is 35.5. The van der Waals surface area contributed by atoms with Crippen molar-refractivity contribution in [3.05, 3.63) is 130 Å². The molecule has 7 heterocycles. The third-order valence-electron chi connectivity index (χ3n) is 16.4. The smallest absolute Gasteiger partial charge is 0.319 e. The zero-order valence-electron chi connectivity index (χ0n) is 47.9. The number of nitriles is 1. The summed E-state index contributed by atoms with van der Waals surface area (Å²) in [6.07, 6.45) is 9.23. The number of aromatic nitrogens is 5. The minimum Gasteiger partial charge on any atom is -0.486 e. The molecule has 0 aliphatic carbocycles. The van der Waals surface area contributed by atoms with E-state index in [1.165, 1.54) is 43.2 Å². The molecule has 0 radical (unpaired) electrons. The van der Waals surface area contributed by atoms with Gasteiger partial charge >= 0.3 is 6.01 Å². The first-order chi connectivity index (χ1) is 41.6. The molecule has 5 unspecified atom stereocenters. The van der Waals surface area contributed by atoms with E-state index in [4.69, 9.17) is 46.6 Å². The number of halogens is 5. The largest absolute Gasteiger partial charge is 0.486 e. The molecule has 5 atom stereocenters. The fourth-order valence-corrected chi connectivity index (χ4v) is 12.5. The number of likely N-dealkylation sites (tertiary alicyclic amines) is 1. The number of hydrogen-bond donors (Lipinski definition) is 4. The number of nitrogens with one attached hydrogen (secondary N) is 2. The van der Waals surface area contributed by atoms with Crippen LogP contribution in [0, 0.1) is 40.5 Å². The Morgan fingerprint density at radius 3 is 2.26 bits per heavy atom. The van der Waals surface area contributed by atoms with Gasteiger partial charge in [-0.2, -0.15) is 15.2 Å². The predicted octanol–water partition coefficient (Wildman–Crippen LogP) is 11.5. The van der Waals surface area contributed by atoms with E-state index in [-0.39, 0.29) is 52.2 Å². The summed E-state index contributed by atoms with van der Waals surface area (Å²) < 4.78 is 77.1. The molecule has 4 saturated heterocycles. The maximum atomic E-state index is 15.4. The zero-order chi connectivity index (χ0) is 60.8. The minimum atomic E-state index is -1.26. The van der Waals surface area contributed by atoms with Crippen molar-refractivity contribution in [1.29, 1.82) is 5.26 Å². The Hall–Kier alpha value is -7.94. The molecule has 0 saturated carbocycles. The lowest BCUT2D eigenvalue weighted by atomic mass is 9.96. The lowest BCUT2D eigenvalue weighted by Crippen LogP contribution is -2.51. The molecule has 4 fully saturated rings. The van der Waals surface area contributed by atoms with Crippen molar-refractivity contribution in [3.8, 4) is 51.3 Å². The van der Waals surface area contributed by atoms with Crippen LogP contribution in [-0.2, 0) is 20.9 Å². The first kappa shape index (κ1) is 61.2. The van der Waals surface area contributed by atoms with Gasteiger partial charge in [0.25, 0.3) is 0 Å². The van der Waals surface area contributed by atoms with Crippen molar-refractivity contribution in [3.63, 3.8) is 0 Å². The second kappa shape index (κ2) is 27.2. The van der Waals surface area contributed by atoms with E-state index in [1.54, 1.807) is 6.07 Å². The highest BCUT2D eigenvalue weighted by Crippen LogP contribution is 2.50. The van der Waals surface area contributed by atoms with E-state index in [0.29, 0.717) is 93.2 Å². The summed E-state index contributed by atoms with van der Waals surface area (Å²) in [4.78, 5) is 34.8. The van der Waals surface area contributed by atoms with Gasteiger partial charge in [-0.25, -0.2) is 22.2 Å². The number of carbonyl (C=O) groups is 2. The van der Waals surface area contributed by atoms with Crippen molar-refractivity contribution in [2.45, 2.75) is 109 Å². The van der Waals surface area contributed by atoms with Crippen LogP contribution in [0.2, 0.25) is 5.02 Å². The zero-order valence-corrected chi connectivity index (χ0v) is 49.5. The number of fused-ring (bicyclic) bond motifs is 4. The average Bonchev–Trinajstić information content (AvgIpc) is 1.72. The van der Waals surface area contributed by atoms with Crippen LogP contribution < -0.4 is 30.7 Å². The third-order valence-corrected chi connectivity index (χ3v) is 17.7. The molecule has 8 aromatic rings. The van der Waals surface area contributed by atoms with Gasteiger partial charge in [0.2, 0.25) is 12.8 Å². The average molecular weight is 1220 g/mol. The maximum absolute atomic E-state index is 15.4. The summed E-state index contributed by atoms with van der Waals surface area (Å²) in [5.41, 5.74) is 10.8. The second-order valence-electron chi connectivity index (χ2n) is 22.3. The summed E-state index contributed by atoms with van der Waals surface area (Å²) in [5.74, 6) is -2.24. The van der Waals surface area contributed by atoms with Crippen LogP contribution in [-0.4, -0.2) is 111 Å². The van der Waals surface area contributed by atoms with Gasteiger partial charge in [-0.3, -0.25) is 9.59 Å². The van der Waals surface area contributed by atoms with Crippen molar-refractivity contribution in [2.75, 3.05) is 50.1 Å². The van der Waals surface area contributed by atoms with Gasteiger partial charge in [0, 0.05) is 72.5 Å². The van der Waals surface area contributed by atoms with E-state index < -0.39 is 34.9 Å². The van der Waals surface area contributed by atoms with Crippen molar-refractivity contribution >= 4 is 67.6 Å². The molecule has 3 aromatic heterocycles. The Morgan fingerprint density at radius 2 is 1.62 bits per heavy atom. The monoisotopic (exact) mass is 1220 g/mol. The number of aliphatic hydroxyl groups excluding tert-OH is 1. The number of nitrogen functional groups attached to an aromatic ring is 1. The highest BCUT2D eigenvalue weighted by Gasteiger charge is 2.35. The lowest BCUT2D eigenvalue weighted by molar-refractivity contribution is -0.118. The van der Waals surface area contributed by atoms with E-state index in [9.17, 15) is 28.0 Å². The van der Waals surface area contributed by atoms with Crippen molar-refractivity contribution < 1.29 is 46.5 Å². The van der Waals surface area contributed by atoms with Gasteiger partial charge in [0.1, 0.15) is 52.4 Å². The first-order valence-corrected chi connectivity index (χ1v) is 29.9. The summed E-state index contributed by atoms with van der Waals surface area (Å²) in [5, 5.41) is 35.9. The summed E-state index contributed by atoms with van der Waals surface area (Å²) in [7, 11) is 0. The Bertz CT molecular complexity index is 3760. The van der Waals surface area contributed by atoms with Crippen LogP contribution in [0.25, 0.3) is 54.5 Å². The van der Waals surface area contributed by atoms with Crippen LogP contribution in [0.15, 0.2) is 85.1 Å². The number of nitrogens with zero attached hydrogens (tertiary/aromatic N) is 8. The number of anilines is 2. The number of aliphatic hydroxyl groups is 1. The van der Waals surface area contributed by atoms with E-state index in [0.717, 1.165) is 92.0 Å². The van der Waals surface area contributed by atoms with Crippen molar-refractivity contribution in [1.82, 2.24) is 40.5 Å². The van der Waals surface area contributed by atoms with Crippen LogP contribution in [0.4, 0.5) is 28.4 Å². The van der Waals surface area contributed by atoms with Crippen LogP contribution in [0.3, 0.4) is 0 Å². The molecule has 4 aliphatic rings. The molecule has 12 rings (SSSR count). The fourth-order valence-electron chi connectivity index (χ4n) is 11.2. The minimum absolute atomic E-state index is 0.114. The maximum Gasteiger partial charge on any atom is 0.319 e. The number of rotatable bonds is 16. The topological polar surface area (TPSA) is 219 Å². The molecule has 5 N–H and O–H groups in total. The molecular formula is C63H66ClF4N11O6S. The number of nitrogens with two attached hydrogens (primary N) is 1. The SMILES string of the molecule is CC(C)C(C)n1cc(-c2ccc(COc3c(-c4ccc(F)c5sc(N)c(C#N)c45)c(Cl)cc4c(N5CC6CCC(C5)N6)nc(OC5CCOCC5)nc34)cc2)nn1.CC1CCCN1C=O.O=CNC(CO)c1ccc(-c2c(F)ccc(F)c2F)cc1. The number of amides is 2. The summed E-state index contributed by atoms with van der Waals surface area (Å²) in [6.45, 7) is 12.1. The number of thiophene rings is 1. The number of benzene rings is 5. The molecule has 2 amide bonds. The molecule has 4 aliphatic heterocycles. The molecule has 0 spiro atoms. The Kier molecular flexibility index (Phi) is 19.3. The van der Waals surface area contributed by atoms with Crippen LogP contribution in [0.5, 0.6) is 11.8 Å². The fraction of sp³-hybridized carbons (Fsp3) is 0.381.